The van der Waals surface area contributed by atoms with Gasteiger partial charge >= 0.3 is 6.09 Å². The Morgan fingerprint density at radius 3 is 2.72 bits per heavy atom. The van der Waals surface area contributed by atoms with Crippen molar-refractivity contribution in [2.45, 2.75) is 20.3 Å². The maximum Gasteiger partial charge on any atom is 0.410 e. The van der Waals surface area contributed by atoms with Gasteiger partial charge in [-0.05, 0) is 61.5 Å². The van der Waals surface area contributed by atoms with Crippen LogP contribution in [-0.2, 0) is 0 Å². The van der Waals surface area contributed by atoms with Crippen LogP contribution < -0.4 is 20.7 Å². The van der Waals surface area contributed by atoms with Crippen molar-refractivity contribution in [3.05, 3.63) is 42.0 Å². The lowest BCUT2D eigenvalue weighted by atomic mass is 9.98. The zero-order chi connectivity index (χ0) is 22.7. The maximum atomic E-state index is 14.7. The largest absolute Gasteiger partial charge is 0.474 e. The van der Waals surface area contributed by atoms with Crippen LogP contribution in [0.15, 0.2) is 30.6 Å². The van der Waals surface area contributed by atoms with Crippen molar-refractivity contribution in [2.75, 3.05) is 36.9 Å². The van der Waals surface area contributed by atoms with Crippen LogP contribution in [-0.4, -0.2) is 47.4 Å². The van der Waals surface area contributed by atoms with E-state index >= 15 is 0 Å². The Bertz CT molecular complexity index is 1150. The average Bonchev–Trinajstić information content (AvgIpc) is 3.25. The highest BCUT2D eigenvalue weighted by Gasteiger charge is 2.19. The molecule has 2 aliphatic heterocycles. The van der Waals surface area contributed by atoms with Crippen molar-refractivity contribution in [3.8, 4) is 17.0 Å². The normalized spacial score (nSPS) is 16.9. The molecule has 0 radical (unpaired) electrons. The second-order valence-electron chi connectivity index (χ2n) is 8.03. The van der Waals surface area contributed by atoms with E-state index in [1.165, 1.54) is 31.8 Å². The molecular weight excluding hydrogens is 413 g/mol. The van der Waals surface area contributed by atoms with E-state index in [4.69, 9.17) is 9.84 Å². The number of halogens is 1. The number of rotatable bonds is 2. The first-order valence-corrected chi connectivity index (χ1v) is 10.6. The van der Waals surface area contributed by atoms with Crippen molar-refractivity contribution < 1.29 is 19.0 Å². The summed E-state index contributed by atoms with van der Waals surface area (Å²) in [6, 6.07) is 4.61. The first-order valence-electron chi connectivity index (χ1n) is 10.6. The Morgan fingerprint density at radius 2 is 2.03 bits per heavy atom. The van der Waals surface area contributed by atoms with Gasteiger partial charge in [-0.1, -0.05) is 6.92 Å². The van der Waals surface area contributed by atoms with Gasteiger partial charge in [-0.3, -0.25) is 5.32 Å². The van der Waals surface area contributed by atoms with Crippen molar-refractivity contribution in [1.82, 2.24) is 15.3 Å². The molecule has 4 N–H and O–H groups in total. The highest BCUT2D eigenvalue weighted by atomic mass is 19.1. The van der Waals surface area contributed by atoms with E-state index < -0.39 is 11.9 Å². The molecule has 168 valence electrons. The molecule has 2 aromatic heterocycles. The quantitative estimate of drug-likeness (QED) is 0.473. The molecule has 1 amide bonds. The molecule has 0 saturated carbocycles. The molecule has 9 heteroatoms. The minimum atomic E-state index is -1.21. The lowest BCUT2D eigenvalue weighted by Crippen LogP contribution is -2.20. The molecular formula is C23H26FN5O3. The van der Waals surface area contributed by atoms with Crippen LogP contribution >= 0.6 is 0 Å². The SMILES string of the molecule is CC1CCNC1.Cc1c(-c2cc3cc(NC(=O)O)ncc3cc2F)cnc2c1NCCO2. The van der Waals surface area contributed by atoms with Gasteiger partial charge in [-0.2, -0.15) is 0 Å². The third-order valence-electron chi connectivity index (χ3n) is 5.59. The van der Waals surface area contributed by atoms with Crippen LogP contribution in [0.2, 0.25) is 0 Å². The molecule has 4 heterocycles. The van der Waals surface area contributed by atoms with E-state index in [1.54, 1.807) is 18.3 Å². The number of nitrogens with one attached hydrogen (secondary N) is 3. The molecule has 1 fully saturated rings. The Hall–Kier alpha value is -3.46. The minimum Gasteiger partial charge on any atom is -0.474 e. The number of benzene rings is 1. The molecule has 5 rings (SSSR count). The van der Waals surface area contributed by atoms with Crippen LogP contribution in [0.4, 0.5) is 20.7 Å². The number of hydrogen-bond donors (Lipinski definition) is 4. The van der Waals surface area contributed by atoms with Crippen LogP contribution in [0.3, 0.4) is 0 Å². The number of fused-ring (bicyclic) bond motifs is 2. The predicted molar refractivity (Wildman–Crippen MR) is 122 cm³/mol. The summed E-state index contributed by atoms with van der Waals surface area (Å²) in [6.07, 6.45) is 3.18. The molecule has 1 atom stereocenters. The van der Waals surface area contributed by atoms with E-state index in [2.05, 4.69) is 32.8 Å². The number of aromatic nitrogens is 2. The zero-order valence-electron chi connectivity index (χ0n) is 18.0. The topological polar surface area (TPSA) is 108 Å². The van der Waals surface area contributed by atoms with Crippen LogP contribution in [0.5, 0.6) is 5.88 Å². The Kier molecular flexibility index (Phi) is 6.36. The number of pyridine rings is 2. The Labute approximate surface area is 185 Å². The third-order valence-corrected chi connectivity index (χ3v) is 5.59. The van der Waals surface area contributed by atoms with Crippen molar-refractivity contribution in [2.24, 2.45) is 5.92 Å². The Morgan fingerprint density at radius 1 is 1.19 bits per heavy atom. The third kappa shape index (κ3) is 4.72. The van der Waals surface area contributed by atoms with Crippen molar-refractivity contribution in [3.63, 3.8) is 0 Å². The van der Waals surface area contributed by atoms with E-state index in [0.29, 0.717) is 40.9 Å². The molecule has 1 unspecified atom stereocenters. The van der Waals surface area contributed by atoms with Gasteiger partial charge in [0.2, 0.25) is 5.88 Å². The van der Waals surface area contributed by atoms with Crippen LogP contribution in [0.1, 0.15) is 18.9 Å². The summed E-state index contributed by atoms with van der Waals surface area (Å²) < 4.78 is 20.2. The fourth-order valence-corrected chi connectivity index (χ4v) is 3.84. The Balaban J connectivity index is 0.000000354. The lowest BCUT2D eigenvalue weighted by molar-refractivity contribution is 0.209. The monoisotopic (exact) mass is 439 g/mol. The number of hydrogen-bond acceptors (Lipinski definition) is 6. The van der Waals surface area contributed by atoms with Gasteiger partial charge in [0.1, 0.15) is 23.9 Å². The molecule has 32 heavy (non-hydrogen) atoms. The number of carboxylic acid groups (broad SMARTS) is 1. The zero-order valence-corrected chi connectivity index (χ0v) is 18.0. The van der Waals surface area contributed by atoms with Gasteiger partial charge < -0.3 is 20.5 Å². The molecule has 2 aliphatic rings. The minimum absolute atomic E-state index is 0.179. The molecule has 0 aliphatic carbocycles. The summed E-state index contributed by atoms with van der Waals surface area (Å²) in [7, 11) is 0. The van der Waals surface area contributed by atoms with Crippen LogP contribution in [0.25, 0.3) is 21.9 Å². The second-order valence-corrected chi connectivity index (χ2v) is 8.03. The van der Waals surface area contributed by atoms with Gasteiger partial charge in [0.15, 0.2) is 0 Å². The van der Waals surface area contributed by atoms with Crippen molar-refractivity contribution >= 4 is 28.4 Å². The molecule has 3 aromatic rings. The van der Waals surface area contributed by atoms with Gasteiger partial charge in [-0.15, -0.1) is 0 Å². The summed E-state index contributed by atoms with van der Waals surface area (Å²) >= 11 is 0. The molecule has 8 nitrogen and oxygen atoms in total. The van der Waals surface area contributed by atoms with E-state index in [1.807, 2.05) is 6.92 Å². The maximum absolute atomic E-state index is 14.7. The highest BCUT2D eigenvalue weighted by molar-refractivity contribution is 5.92. The van der Waals surface area contributed by atoms with E-state index in [-0.39, 0.29) is 5.82 Å². The van der Waals surface area contributed by atoms with E-state index in [9.17, 15) is 9.18 Å². The second kappa shape index (κ2) is 9.35. The van der Waals surface area contributed by atoms with Gasteiger partial charge in [0.05, 0.1) is 0 Å². The smallest absolute Gasteiger partial charge is 0.410 e. The first kappa shape index (κ1) is 21.8. The van der Waals surface area contributed by atoms with Crippen LogP contribution in [0, 0.1) is 18.7 Å². The molecule has 1 saturated heterocycles. The molecule has 0 spiro atoms. The summed E-state index contributed by atoms with van der Waals surface area (Å²) in [5.74, 6) is 1.22. The highest BCUT2D eigenvalue weighted by Crippen LogP contribution is 2.37. The van der Waals surface area contributed by atoms with Crippen molar-refractivity contribution in [1.29, 1.82) is 0 Å². The number of carbonyl (C=O) groups is 1. The lowest BCUT2D eigenvalue weighted by Gasteiger charge is -2.21. The number of nitrogens with zero attached hydrogens (tertiary/aromatic N) is 2. The fourth-order valence-electron chi connectivity index (χ4n) is 3.84. The molecule has 1 aromatic carbocycles. The number of ether oxygens (including phenoxy) is 1. The van der Waals surface area contributed by atoms with E-state index in [0.717, 1.165) is 17.2 Å². The molecule has 0 bridgehead atoms. The summed E-state index contributed by atoms with van der Waals surface area (Å²) in [5, 5.41) is 18.8. The fraction of sp³-hybridized carbons (Fsp3) is 0.348. The average molecular weight is 439 g/mol. The summed E-state index contributed by atoms with van der Waals surface area (Å²) in [5.41, 5.74) is 2.62. The van der Waals surface area contributed by atoms with Gasteiger partial charge in [0.25, 0.3) is 0 Å². The standard InChI is InChI=1S/C18H15FN4O3.C5H11N/c1-9-13(8-22-17-16(9)20-2-3-26-17)12-4-10-6-15(23-18(24)25)21-7-11(10)5-14(12)19;1-5-2-3-6-4-5/h4-8,20H,2-3H2,1H3,(H,21,23)(H,24,25);5-6H,2-4H2,1H3. The first-order chi connectivity index (χ1) is 15.4. The number of anilines is 2. The van der Waals surface area contributed by atoms with Gasteiger partial charge in [-0.25, -0.2) is 19.2 Å². The predicted octanol–water partition coefficient (Wildman–Crippen LogP) is 4.25. The summed E-state index contributed by atoms with van der Waals surface area (Å²) in [4.78, 5) is 19.0. The number of amides is 1. The van der Waals surface area contributed by atoms with Gasteiger partial charge in [0, 0.05) is 35.5 Å². The summed E-state index contributed by atoms with van der Waals surface area (Å²) in [6.45, 7) is 7.83.